The van der Waals surface area contributed by atoms with Crippen molar-refractivity contribution in [1.82, 2.24) is 19.5 Å². The van der Waals surface area contributed by atoms with Gasteiger partial charge in [-0.05, 0) is 30.2 Å². The normalized spacial score (nSPS) is 22.5. The highest BCUT2D eigenvalue weighted by Crippen LogP contribution is 2.37. The van der Waals surface area contributed by atoms with Crippen molar-refractivity contribution in [3.05, 3.63) is 53.5 Å². The summed E-state index contributed by atoms with van der Waals surface area (Å²) in [5, 5.41) is 7.21. The van der Waals surface area contributed by atoms with Crippen LogP contribution in [0, 0.1) is 0 Å². The van der Waals surface area contributed by atoms with Crippen molar-refractivity contribution in [1.29, 1.82) is 0 Å². The van der Waals surface area contributed by atoms with Crippen LogP contribution in [0.1, 0.15) is 32.7 Å². The van der Waals surface area contributed by atoms with Crippen LogP contribution in [-0.2, 0) is 16.0 Å². The zero-order valence-corrected chi connectivity index (χ0v) is 19.0. The van der Waals surface area contributed by atoms with Crippen molar-refractivity contribution in [3.63, 3.8) is 0 Å². The molecule has 10 nitrogen and oxygen atoms in total. The van der Waals surface area contributed by atoms with E-state index in [2.05, 4.69) is 20.3 Å². The number of halogens is 1. The fourth-order valence-corrected chi connectivity index (χ4v) is 5.03. The van der Waals surface area contributed by atoms with Crippen LogP contribution in [0.2, 0.25) is 0 Å². The minimum Gasteiger partial charge on any atom is -0.378 e. The number of ether oxygens (including phenoxy) is 2. The smallest absolute Gasteiger partial charge is 0.261 e. The molecule has 2 aromatic heterocycles. The summed E-state index contributed by atoms with van der Waals surface area (Å²) in [6.45, 7) is 3.08. The van der Waals surface area contributed by atoms with Gasteiger partial charge in [0.25, 0.3) is 11.8 Å². The van der Waals surface area contributed by atoms with Crippen LogP contribution in [0.3, 0.4) is 0 Å². The van der Waals surface area contributed by atoms with E-state index in [1.54, 1.807) is 23.4 Å². The molecule has 3 aliphatic rings. The Morgan fingerprint density at radius 2 is 2.03 bits per heavy atom. The van der Waals surface area contributed by atoms with Gasteiger partial charge >= 0.3 is 0 Å². The van der Waals surface area contributed by atoms with Gasteiger partial charge in [0, 0.05) is 44.2 Å². The molecular weight excluding hydrogens is 455 g/mol. The second-order valence-electron chi connectivity index (χ2n) is 8.91. The monoisotopic (exact) mass is 480 g/mol. The zero-order valence-electron chi connectivity index (χ0n) is 19.0. The first-order valence-electron chi connectivity index (χ1n) is 11.7. The highest BCUT2D eigenvalue weighted by Gasteiger charge is 2.39. The number of nitrogens with one attached hydrogen (secondary N) is 1. The molecule has 2 saturated heterocycles. The van der Waals surface area contributed by atoms with Crippen LogP contribution in [-0.4, -0.2) is 83.0 Å². The fraction of sp³-hybridized carbons (Fsp3) is 0.417. The summed E-state index contributed by atoms with van der Waals surface area (Å²) >= 11 is 0. The largest absolute Gasteiger partial charge is 0.378 e. The summed E-state index contributed by atoms with van der Waals surface area (Å²) in [5.41, 5.74) is 3.43. The second-order valence-corrected chi connectivity index (χ2v) is 8.91. The first kappa shape index (κ1) is 21.9. The van der Waals surface area contributed by atoms with Gasteiger partial charge in [-0.1, -0.05) is 0 Å². The number of amides is 2. The number of morpholine rings is 1. The first-order valence-corrected chi connectivity index (χ1v) is 11.7. The van der Waals surface area contributed by atoms with Crippen molar-refractivity contribution >= 4 is 28.8 Å². The molecule has 2 fully saturated rings. The Kier molecular flexibility index (Phi) is 5.57. The molecule has 35 heavy (non-hydrogen) atoms. The Bertz CT molecular complexity index is 1290. The summed E-state index contributed by atoms with van der Waals surface area (Å²) in [6, 6.07) is 4.88. The van der Waals surface area contributed by atoms with Gasteiger partial charge in [-0.3, -0.25) is 9.59 Å². The first-order chi connectivity index (χ1) is 17.1. The van der Waals surface area contributed by atoms with Gasteiger partial charge in [0.2, 0.25) is 0 Å². The standard InChI is InChI=1S/C24H25FN6O4/c25-18-14-35-7-2-20(18)30-13-15-10-19(21(11-16(15)24(30)33)29-5-8-34-9-6-29)28-23(32)17-12-27-31-4-1-3-26-22(17)31/h1,3-4,10-12,18,20H,2,5-9,13-14H2,(H,28,32)/t18-,20-/m1/s1. The average molecular weight is 481 g/mol. The quantitative estimate of drug-likeness (QED) is 0.609. The van der Waals surface area contributed by atoms with Crippen molar-refractivity contribution in [2.24, 2.45) is 0 Å². The zero-order chi connectivity index (χ0) is 23.9. The third kappa shape index (κ3) is 3.90. The molecule has 0 bridgehead atoms. The molecule has 1 aromatic carbocycles. The van der Waals surface area contributed by atoms with E-state index in [0.29, 0.717) is 68.3 Å². The van der Waals surface area contributed by atoms with Crippen LogP contribution >= 0.6 is 0 Å². The summed E-state index contributed by atoms with van der Waals surface area (Å²) in [6.07, 6.45) is 4.06. The van der Waals surface area contributed by atoms with Gasteiger partial charge in [-0.25, -0.2) is 13.9 Å². The number of alkyl halides is 1. The SMILES string of the molecule is O=C(Nc1cc2c(cc1N1CCOCC1)C(=O)N([C@@H]1CCOC[C@H]1F)C2)c1cnn2cccnc12. The molecule has 0 saturated carbocycles. The molecule has 1 N–H and O–H groups in total. The maximum absolute atomic E-state index is 14.6. The lowest BCUT2D eigenvalue weighted by Crippen LogP contribution is -2.47. The average Bonchev–Trinajstić information content (AvgIpc) is 3.45. The van der Waals surface area contributed by atoms with Crippen LogP contribution in [0.5, 0.6) is 0 Å². The van der Waals surface area contributed by atoms with E-state index >= 15 is 0 Å². The second kappa shape index (κ2) is 8.90. The summed E-state index contributed by atoms with van der Waals surface area (Å²) in [5.74, 6) is -0.531. The van der Waals surface area contributed by atoms with Crippen molar-refractivity contribution in [2.45, 2.75) is 25.2 Å². The summed E-state index contributed by atoms with van der Waals surface area (Å²) in [7, 11) is 0. The van der Waals surface area contributed by atoms with Gasteiger partial charge in [0.05, 0.1) is 43.4 Å². The molecule has 11 heteroatoms. The van der Waals surface area contributed by atoms with E-state index < -0.39 is 12.2 Å². The third-order valence-corrected chi connectivity index (χ3v) is 6.83. The predicted molar refractivity (Wildman–Crippen MR) is 124 cm³/mol. The highest BCUT2D eigenvalue weighted by atomic mass is 19.1. The van der Waals surface area contributed by atoms with E-state index in [1.165, 1.54) is 10.7 Å². The van der Waals surface area contributed by atoms with Crippen molar-refractivity contribution < 1.29 is 23.5 Å². The van der Waals surface area contributed by atoms with Gasteiger partial charge in [-0.15, -0.1) is 0 Å². The lowest BCUT2D eigenvalue weighted by molar-refractivity contribution is -0.0216. The number of carbonyl (C=O) groups excluding carboxylic acids is 2. The number of hydrogen-bond acceptors (Lipinski definition) is 7. The van der Waals surface area contributed by atoms with E-state index in [9.17, 15) is 14.0 Å². The molecule has 0 radical (unpaired) electrons. The van der Waals surface area contributed by atoms with Crippen LogP contribution in [0.4, 0.5) is 15.8 Å². The third-order valence-electron chi connectivity index (χ3n) is 6.83. The van der Waals surface area contributed by atoms with Crippen LogP contribution < -0.4 is 10.2 Å². The number of aromatic nitrogens is 3. The lowest BCUT2D eigenvalue weighted by Gasteiger charge is -2.33. The summed E-state index contributed by atoms with van der Waals surface area (Å²) in [4.78, 5) is 34.5. The molecule has 0 aliphatic carbocycles. The Morgan fingerprint density at radius 1 is 1.17 bits per heavy atom. The van der Waals surface area contributed by atoms with Gasteiger partial charge < -0.3 is 24.6 Å². The van der Waals surface area contributed by atoms with Crippen LogP contribution in [0.15, 0.2) is 36.8 Å². The number of rotatable bonds is 4. The topological polar surface area (TPSA) is 101 Å². The Labute approximate surface area is 200 Å². The minimum absolute atomic E-state index is 0.00118. The van der Waals surface area contributed by atoms with Crippen molar-refractivity contribution in [2.75, 3.05) is 49.7 Å². The van der Waals surface area contributed by atoms with E-state index in [4.69, 9.17) is 9.47 Å². The van der Waals surface area contributed by atoms with Gasteiger partial charge in [0.15, 0.2) is 5.65 Å². The van der Waals surface area contributed by atoms with Gasteiger partial charge in [0.1, 0.15) is 11.7 Å². The van der Waals surface area contributed by atoms with Crippen LogP contribution in [0.25, 0.3) is 5.65 Å². The molecule has 6 rings (SSSR count). The van der Waals surface area contributed by atoms with Gasteiger partial charge in [-0.2, -0.15) is 5.10 Å². The minimum atomic E-state index is -1.22. The molecular formula is C24H25FN6O4. The number of anilines is 2. The molecule has 3 aromatic rings. The molecule has 0 unspecified atom stereocenters. The number of hydrogen-bond donors (Lipinski definition) is 1. The maximum Gasteiger partial charge on any atom is 0.261 e. The highest BCUT2D eigenvalue weighted by molar-refractivity contribution is 6.10. The molecule has 0 spiro atoms. The molecule has 5 heterocycles. The van der Waals surface area contributed by atoms with E-state index in [0.717, 1.165) is 11.3 Å². The molecule has 2 amide bonds. The summed E-state index contributed by atoms with van der Waals surface area (Å²) < 4.78 is 26.8. The van der Waals surface area contributed by atoms with E-state index in [-0.39, 0.29) is 18.4 Å². The fourth-order valence-electron chi connectivity index (χ4n) is 5.03. The Balaban J connectivity index is 1.35. The predicted octanol–water partition coefficient (Wildman–Crippen LogP) is 1.90. The Morgan fingerprint density at radius 3 is 2.86 bits per heavy atom. The Hall–Kier alpha value is -3.57. The number of benzene rings is 1. The molecule has 2 atom stereocenters. The molecule has 3 aliphatic heterocycles. The number of nitrogens with zero attached hydrogens (tertiary/aromatic N) is 5. The van der Waals surface area contributed by atoms with Crippen molar-refractivity contribution in [3.8, 4) is 0 Å². The van der Waals surface area contributed by atoms with E-state index in [1.807, 2.05) is 12.1 Å². The molecule has 182 valence electrons. The number of carbonyl (C=O) groups is 2. The lowest BCUT2D eigenvalue weighted by atomic mass is 10.1. The maximum atomic E-state index is 14.6. The number of fused-ring (bicyclic) bond motifs is 2.